The fraction of sp³-hybridized carbons (Fsp3) is 0.333. The predicted molar refractivity (Wildman–Crippen MR) is 78.8 cm³/mol. The summed E-state index contributed by atoms with van der Waals surface area (Å²) in [6.45, 7) is 2.04. The number of rotatable bonds is 5. The second kappa shape index (κ2) is 6.64. The number of hydrogen-bond acceptors (Lipinski definition) is 4. The Labute approximate surface area is 132 Å². The molecule has 1 N–H and O–H groups in total. The van der Waals surface area contributed by atoms with Gasteiger partial charge in [0.2, 0.25) is 5.91 Å². The Hall–Kier alpha value is -1.31. The summed E-state index contributed by atoms with van der Waals surface area (Å²) in [4.78, 5) is 23.5. The quantitative estimate of drug-likeness (QED) is 0.873. The third-order valence-corrected chi connectivity index (χ3v) is 5.14. The van der Waals surface area contributed by atoms with Crippen molar-refractivity contribution in [2.75, 3.05) is 19.3 Å². The van der Waals surface area contributed by atoms with Gasteiger partial charge in [0, 0.05) is 18.6 Å². The Bertz CT molecular complexity index is 687. The first-order valence-electron chi connectivity index (χ1n) is 5.79. The summed E-state index contributed by atoms with van der Waals surface area (Å²) >= 11 is 11.5. The fourth-order valence-corrected chi connectivity index (χ4v) is 3.69. The normalized spacial score (nSPS) is 11.2. The minimum atomic E-state index is -4.09. The Balaban J connectivity index is 3.33. The van der Waals surface area contributed by atoms with E-state index in [1.165, 1.54) is 11.9 Å². The fourth-order valence-electron chi connectivity index (χ4n) is 1.47. The average Bonchev–Trinajstić information content (AvgIpc) is 2.38. The highest BCUT2D eigenvalue weighted by molar-refractivity contribution is 7.92. The van der Waals surface area contributed by atoms with Crippen LogP contribution in [-0.4, -0.2) is 49.6 Å². The highest BCUT2D eigenvalue weighted by Crippen LogP contribution is 2.30. The van der Waals surface area contributed by atoms with Gasteiger partial charge in [-0.1, -0.05) is 23.2 Å². The summed E-state index contributed by atoms with van der Waals surface area (Å²) in [7, 11) is -2.64. The summed E-state index contributed by atoms with van der Waals surface area (Å²) in [5.74, 6) is -2.84. The van der Waals surface area contributed by atoms with E-state index in [2.05, 4.69) is 0 Å². The lowest BCUT2D eigenvalue weighted by Gasteiger charge is -2.15. The van der Waals surface area contributed by atoms with Gasteiger partial charge in [-0.2, -0.15) is 0 Å². The van der Waals surface area contributed by atoms with Crippen LogP contribution in [0.3, 0.4) is 0 Å². The lowest BCUT2D eigenvalue weighted by atomic mass is 10.2. The Kier molecular flexibility index (Phi) is 5.61. The van der Waals surface area contributed by atoms with Crippen molar-refractivity contribution in [1.82, 2.24) is 4.90 Å². The first-order chi connectivity index (χ1) is 9.60. The SMILES string of the molecule is CCN(C)C(=O)CS(=O)(=O)c1cc(Cl)cc(C(=O)O)c1Cl. The van der Waals surface area contributed by atoms with Gasteiger partial charge >= 0.3 is 5.97 Å². The maximum atomic E-state index is 12.2. The number of carboxylic acid groups (broad SMARTS) is 1. The molecule has 0 aliphatic heterocycles. The van der Waals surface area contributed by atoms with Crippen LogP contribution in [-0.2, 0) is 14.6 Å². The van der Waals surface area contributed by atoms with Gasteiger partial charge < -0.3 is 10.0 Å². The number of halogens is 2. The van der Waals surface area contributed by atoms with E-state index in [0.29, 0.717) is 6.54 Å². The molecular weight excluding hydrogens is 341 g/mol. The van der Waals surface area contributed by atoms with Crippen molar-refractivity contribution < 1.29 is 23.1 Å². The molecule has 1 amide bonds. The van der Waals surface area contributed by atoms with Crippen LogP contribution in [0.2, 0.25) is 10.0 Å². The van der Waals surface area contributed by atoms with E-state index in [1.807, 2.05) is 0 Å². The highest BCUT2D eigenvalue weighted by atomic mass is 35.5. The Morgan fingerprint density at radius 1 is 1.29 bits per heavy atom. The Morgan fingerprint density at radius 2 is 1.86 bits per heavy atom. The van der Waals surface area contributed by atoms with Gasteiger partial charge in [0.15, 0.2) is 9.84 Å². The second-order valence-corrected chi connectivity index (χ2v) is 7.01. The molecule has 9 heteroatoms. The van der Waals surface area contributed by atoms with Crippen LogP contribution in [0.1, 0.15) is 17.3 Å². The van der Waals surface area contributed by atoms with Crippen LogP contribution in [0.5, 0.6) is 0 Å². The summed E-state index contributed by atoms with van der Waals surface area (Å²) in [5.41, 5.74) is -0.431. The van der Waals surface area contributed by atoms with E-state index in [4.69, 9.17) is 28.3 Å². The third kappa shape index (κ3) is 4.09. The molecular formula is C12H13Cl2NO5S. The van der Waals surface area contributed by atoms with Crippen molar-refractivity contribution in [3.8, 4) is 0 Å². The summed E-state index contributed by atoms with van der Waals surface area (Å²) in [5, 5.41) is 8.42. The molecule has 1 rings (SSSR count). The maximum absolute atomic E-state index is 12.2. The van der Waals surface area contributed by atoms with E-state index < -0.39 is 42.9 Å². The molecule has 0 radical (unpaired) electrons. The van der Waals surface area contributed by atoms with Gasteiger partial charge in [0.1, 0.15) is 5.75 Å². The van der Waals surface area contributed by atoms with Crippen LogP contribution in [0, 0.1) is 0 Å². The van der Waals surface area contributed by atoms with Gasteiger partial charge in [-0.25, -0.2) is 13.2 Å². The van der Waals surface area contributed by atoms with Crippen LogP contribution in [0.25, 0.3) is 0 Å². The van der Waals surface area contributed by atoms with Crippen molar-refractivity contribution in [3.63, 3.8) is 0 Å². The number of benzene rings is 1. The molecule has 116 valence electrons. The van der Waals surface area contributed by atoms with Crippen molar-refractivity contribution in [3.05, 3.63) is 27.7 Å². The van der Waals surface area contributed by atoms with E-state index in [-0.39, 0.29) is 5.02 Å². The van der Waals surface area contributed by atoms with E-state index >= 15 is 0 Å². The van der Waals surface area contributed by atoms with Crippen molar-refractivity contribution in [1.29, 1.82) is 0 Å². The number of amides is 1. The number of aromatic carboxylic acids is 1. The van der Waals surface area contributed by atoms with Gasteiger partial charge in [-0.05, 0) is 19.1 Å². The molecule has 21 heavy (non-hydrogen) atoms. The first kappa shape index (κ1) is 17.7. The van der Waals surface area contributed by atoms with Crippen molar-refractivity contribution >= 4 is 44.9 Å². The number of nitrogens with zero attached hydrogens (tertiary/aromatic N) is 1. The van der Waals surface area contributed by atoms with Gasteiger partial charge in [-0.3, -0.25) is 4.79 Å². The predicted octanol–water partition coefficient (Wildman–Crippen LogP) is 1.94. The standard InChI is InChI=1S/C12H13Cl2NO5S/c1-3-15(2)10(16)6-21(19,20)9-5-7(13)4-8(11(9)14)12(17)18/h4-5H,3,6H2,1-2H3,(H,17,18). The molecule has 0 aliphatic rings. The zero-order chi connectivity index (χ0) is 16.4. The summed E-state index contributed by atoms with van der Waals surface area (Å²) in [6, 6.07) is 2.08. The zero-order valence-electron chi connectivity index (χ0n) is 11.3. The van der Waals surface area contributed by atoms with Crippen molar-refractivity contribution in [2.24, 2.45) is 0 Å². The summed E-state index contributed by atoms with van der Waals surface area (Å²) < 4.78 is 24.5. The third-order valence-electron chi connectivity index (χ3n) is 2.78. The van der Waals surface area contributed by atoms with Gasteiger partial charge in [-0.15, -0.1) is 0 Å². The molecule has 0 heterocycles. The monoisotopic (exact) mass is 353 g/mol. The smallest absolute Gasteiger partial charge is 0.337 e. The zero-order valence-corrected chi connectivity index (χ0v) is 13.6. The van der Waals surface area contributed by atoms with E-state index in [1.54, 1.807) is 6.92 Å². The van der Waals surface area contributed by atoms with Crippen LogP contribution in [0.15, 0.2) is 17.0 Å². The molecule has 0 bridgehead atoms. The highest BCUT2D eigenvalue weighted by Gasteiger charge is 2.27. The largest absolute Gasteiger partial charge is 0.478 e. The molecule has 0 spiro atoms. The molecule has 0 fully saturated rings. The molecule has 0 aliphatic carbocycles. The van der Waals surface area contributed by atoms with Crippen LogP contribution >= 0.6 is 23.2 Å². The number of sulfone groups is 1. The number of carbonyl (C=O) groups excluding carboxylic acids is 1. The van der Waals surface area contributed by atoms with E-state index in [9.17, 15) is 18.0 Å². The van der Waals surface area contributed by atoms with Gasteiger partial charge in [0.05, 0.1) is 15.5 Å². The first-order valence-corrected chi connectivity index (χ1v) is 8.20. The molecule has 0 atom stereocenters. The van der Waals surface area contributed by atoms with Crippen LogP contribution in [0.4, 0.5) is 0 Å². The molecule has 1 aromatic carbocycles. The minimum absolute atomic E-state index is 0.0910. The van der Waals surface area contributed by atoms with Crippen LogP contribution < -0.4 is 0 Å². The average molecular weight is 354 g/mol. The second-order valence-electron chi connectivity index (χ2n) is 4.24. The molecule has 0 aromatic heterocycles. The van der Waals surface area contributed by atoms with E-state index in [0.717, 1.165) is 12.1 Å². The minimum Gasteiger partial charge on any atom is -0.478 e. The molecule has 6 nitrogen and oxygen atoms in total. The maximum Gasteiger partial charge on any atom is 0.337 e. The lowest BCUT2D eigenvalue weighted by Crippen LogP contribution is -2.32. The topological polar surface area (TPSA) is 91.8 Å². The molecule has 1 aromatic rings. The summed E-state index contributed by atoms with van der Waals surface area (Å²) in [6.07, 6.45) is 0. The molecule has 0 saturated carbocycles. The number of hydrogen-bond donors (Lipinski definition) is 1. The lowest BCUT2D eigenvalue weighted by molar-refractivity contribution is -0.126. The number of carbonyl (C=O) groups is 2. The van der Waals surface area contributed by atoms with Crippen molar-refractivity contribution in [2.45, 2.75) is 11.8 Å². The molecule has 0 unspecified atom stereocenters. The Morgan fingerprint density at radius 3 is 2.33 bits per heavy atom. The molecule has 0 saturated heterocycles. The van der Waals surface area contributed by atoms with Gasteiger partial charge in [0.25, 0.3) is 0 Å². The number of carboxylic acids is 1.